The van der Waals surface area contributed by atoms with E-state index in [9.17, 15) is 13.2 Å². The third-order valence-electron chi connectivity index (χ3n) is 3.49. The lowest BCUT2D eigenvalue weighted by Crippen LogP contribution is -2.30. The van der Waals surface area contributed by atoms with E-state index in [1.54, 1.807) is 13.1 Å². The maximum Gasteiger partial charge on any atom is 0.321 e. The Bertz CT molecular complexity index is 862. The first-order valence-corrected chi connectivity index (χ1v) is 9.32. The summed E-state index contributed by atoms with van der Waals surface area (Å²) in [6.45, 7) is 4.43. The summed E-state index contributed by atoms with van der Waals surface area (Å²) < 4.78 is 27.9. The number of ether oxygens (including phenoxy) is 1. The number of primary sulfonamides is 1. The predicted octanol–water partition coefficient (Wildman–Crippen LogP) is 2.56. The molecule has 0 aliphatic heterocycles. The van der Waals surface area contributed by atoms with E-state index in [-0.39, 0.29) is 10.9 Å². The Morgan fingerprint density at radius 2 is 1.81 bits per heavy atom. The third-order valence-corrected chi connectivity index (χ3v) is 4.42. The van der Waals surface area contributed by atoms with Gasteiger partial charge >= 0.3 is 6.03 Å². The van der Waals surface area contributed by atoms with E-state index in [1.807, 2.05) is 24.3 Å². The zero-order valence-electron chi connectivity index (χ0n) is 14.4. The van der Waals surface area contributed by atoms with Gasteiger partial charge in [0.25, 0.3) is 0 Å². The molecule has 0 heterocycles. The molecular weight excluding hydrogens is 354 g/mol. The topological polar surface area (TPSA) is 102 Å². The number of sulfonamides is 1. The van der Waals surface area contributed by atoms with Crippen LogP contribution in [0.1, 0.15) is 5.56 Å². The zero-order chi connectivity index (χ0) is 19.2. The van der Waals surface area contributed by atoms with E-state index in [1.165, 1.54) is 29.2 Å². The molecule has 0 unspecified atom stereocenters. The summed E-state index contributed by atoms with van der Waals surface area (Å²) in [6.07, 6.45) is 1.67. The summed E-state index contributed by atoms with van der Waals surface area (Å²) in [7, 11) is -2.09. The van der Waals surface area contributed by atoms with Crippen molar-refractivity contribution in [3.63, 3.8) is 0 Å². The number of hydrogen-bond acceptors (Lipinski definition) is 4. The average molecular weight is 375 g/mol. The van der Waals surface area contributed by atoms with Crippen molar-refractivity contribution in [1.29, 1.82) is 0 Å². The van der Waals surface area contributed by atoms with Crippen LogP contribution in [0.2, 0.25) is 0 Å². The van der Waals surface area contributed by atoms with Gasteiger partial charge in [0.15, 0.2) is 0 Å². The van der Waals surface area contributed by atoms with Crippen LogP contribution in [-0.4, -0.2) is 33.0 Å². The highest BCUT2D eigenvalue weighted by atomic mass is 32.2. The molecule has 0 saturated carbocycles. The Morgan fingerprint density at radius 3 is 2.35 bits per heavy atom. The molecule has 3 N–H and O–H groups in total. The van der Waals surface area contributed by atoms with Crippen molar-refractivity contribution >= 4 is 21.7 Å². The van der Waals surface area contributed by atoms with Gasteiger partial charge in [0, 0.05) is 19.3 Å². The molecule has 0 saturated heterocycles. The van der Waals surface area contributed by atoms with Crippen LogP contribution in [0.15, 0.2) is 66.1 Å². The minimum atomic E-state index is -3.75. The summed E-state index contributed by atoms with van der Waals surface area (Å²) in [4.78, 5) is 13.7. The van der Waals surface area contributed by atoms with Crippen molar-refractivity contribution in [2.24, 2.45) is 5.14 Å². The molecule has 26 heavy (non-hydrogen) atoms. The van der Waals surface area contributed by atoms with Gasteiger partial charge in [-0.1, -0.05) is 24.8 Å². The van der Waals surface area contributed by atoms with Crippen LogP contribution >= 0.6 is 0 Å². The first-order chi connectivity index (χ1) is 12.3. The molecule has 0 radical (unpaired) electrons. The number of rotatable bonds is 7. The molecule has 0 aromatic heterocycles. The molecule has 2 amide bonds. The molecule has 0 bridgehead atoms. The Kier molecular flexibility index (Phi) is 6.37. The molecule has 2 aromatic carbocycles. The van der Waals surface area contributed by atoms with Gasteiger partial charge in [-0.3, -0.25) is 0 Å². The second-order valence-electron chi connectivity index (χ2n) is 5.60. The Labute approximate surface area is 153 Å². The number of urea groups is 1. The Morgan fingerprint density at radius 1 is 1.19 bits per heavy atom. The fraction of sp³-hybridized carbons (Fsp3) is 0.167. The van der Waals surface area contributed by atoms with Gasteiger partial charge in [0.1, 0.15) is 12.4 Å². The Hall–Kier alpha value is -2.84. The number of benzene rings is 2. The standard InChI is InChI=1S/C18H21N3O4S/c1-3-12-25-16-8-4-14(5-9-16)13-21(2)18(22)20-15-6-10-17(11-7-15)26(19,23)24/h3-11H,1,12-13H2,2H3,(H,20,22)(H2,19,23,24). The van der Waals surface area contributed by atoms with E-state index in [0.717, 1.165) is 11.3 Å². The van der Waals surface area contributed by atoms with Crippen molar-refractivity contribution in [2.45, 2.75) is 11.4 Å². The van der Waals surface area contributed by atoms with E-state index in [4.69, 9.17) is 9.88 Å². The highest BCUT2D eigenvalue weighted by Crippen LogP contribution is 2.15. The summed E-state index contributed by atoms with van der Waals surface area (Å²) in [5, 5.41) is 7.74. The van der Waals surface area contributed by atoms with Crippen molar-refractivity contribution < 1.29 is 17.9 Å². The van der Waals surface area contributed by atoms with Gasteiger partial charge < -0.3 is 15.0 Å². The molecule has 0 fully saturated rings. The number of nitrogens with zero attached hydrogens (tertiary/aromatic N) is 1. The van der Waals surface area contributed by atoms with Crippen LogP contribution in [0.5, 0.6) is 5.75 Å². The number of nitrogens with two attached hydrogens (primary N) is 1. The minimum absolute atomic E-state index is 0.0115. The lowest BCUT2D eigenvalue weighted by atomic mass is 10.2. The van der Waals surface area contributed by atoms with E-state index >= 15 is 0 Å². The maximum absolute atomic E-state index is 12.2. The molecule has 0 spiro atoms. The number of carbonyl (C=O) groups excluding carboxylic acids is 1. The number of carbonyl (C=O) groups is 1. The quantitative estimate of drug-likeness (QED) is 0.726. The van der Waals surface area contributed by atoms with Crippen molar-refractivity contribution in [1.82, 2.24) is 4.90 Å². The van der Waals surface area contributed by atoms with Crippen LogP contribution in [0.4, 0.5) is 10.5 Å². The zero-order valence-corrected chi connectivity index (χ0v) is 15.2. The molecule has 0 aliphatic rings. The number of anilines is 1. The minimum Gasteiger partial charge on any atom is -0.490 e. The lowest BCUT2D eigenvalue weighted by Gasteiger charge is -2.18. The van der Waals surface area contributed by atoms with Crippen molar-refractivity contribution in [3.8, 4) is 5.75 Å². The van der Waals surface area contributed by atoms with E-state index in [0.29, 0.717) is 18.8 Å². The number of nitrogens with one attached hydrogen (secondary N) is 1. The highest BCUT2D eigenvalue weighted by Gasteiger charge is 2.11. The van der Waals surface area contributed by atoms with Crippen molar-refractivity contribution in [3.05, 3.63) is 66.7 Å². The van der Waals surface area contributed by atoms with Gasteiger partial charge in [0.05, 0.1) is 4.90 Å². The van der Waals surface area contributed by atoms with Crippen LogP contribution in [0.3, 0.4) is 0 Å². The van der Waals surface area contributed by atoms with Crippen LogP contribution in [-0.2, 0) is 16.6 Å². The normalized spacial score (nSPS) is 10.8. The maximum atomic E-state index is 12.2. The summed E-state index contributed by atoms with van der Waals surface area (Å²) in [5.74, 6) is 0.732. The molecule has 138 valence electrons. The second kappa shape index (κ2) is 8.50. The molecule has 2 aromatic rings. The predicted molar refractivity (Wildman–Crippen MR) is 100 cm³/mol. The number of amides is 2. The summed E-state index contributed by atoms with van der Waals surface area (Å²) >= 11 is 0. The monoisotopic (exact) mass is 375 g/mol. The first-order valence-electron chi connectivity index (χ1n) is 7.77. The lowest BCUT2D eigenvalue weighted by molar-refractivity contribution is 0.220. The van der Waals surface area contributed by atoms with Crippen LogP contribution in [0, 0.1) is 0 Å². The van der Waals surface area contributed by atoms with Gasteiger partial charge in [-0.05, 0) is 42.0 Å². The smallest absolute Gasteiger partial charge is 0.321 e. The van der Waals surface area contributed by atoms with Crippen LogP contribution < -0.4 is 15.2 Å². The van der Waals surface area contributed by atoms with Gasteiger partial charge in [-0.15, -0.1) is 0 Å². The summed E-state index contributed by atoms with van der Waals surface area (Å²) in [6, 6.07) is 12.7. The molecular formula is C18H21N3O4S. The SMILES string of the molecule is C=CCOc1ccc(CN(C)C(=O)Nc2ccc(S(N)(=O)=O)cc2)cc1. The van der Waals surface area contributed by atoms with Gasteiger partial charge in [0.2, 0.25) is 10.0 Å². The number of hydrogen-bond donors (Lipinski definition) is 2. The molecule has 8 heteroatoms. The van der Waals surface area contributed by atoms with Crippen LogP contribution in [0.25, 0.3) is 0 Å². The molecule has 2 rings (SSSR count). The van der Waals surface area contributed by atoms with E-state index < -0.39 is 10.0 Å². The first kappa shape index (κ1) is 19.5. The average Bonchev–Trinajstić information content (AvgIpc) is 2.60. The molecule has 7 nitrogen and oxygen atoms in total. The summed E-state index contributed by atoms with van der Waals surface area (Å²) in [5.41, 5.74) is 1.42. The van der Waals surface area contributed by atoms with Gasteiger partial charge in [-0.25, -0.2) is 18.4 Å². The van der Waals surface area contributed by atoms with E-state index in [2.05, 4.69) is 11.9 Å². The fourth-order valence-corrected chi connectivity index (χ4v) is 2.65. The van der Waals surface area contributed by atoms with Crippen molar-refractivity contribution in [2.75, 3.05) is 19.0 Å². The molecule has 0 atom stereocenters. The second-order valence-corrected chi connectivity index (χ2v) is 7.16. The Balaban J connectivity index is 1.93. The van der Waals surface area contributed by atoms with Gasteiger partial charge in [-0.2, -0.15) is 0 Å². The molecule has 0 aliphatic carbocycles. The highest BCUT2D eigenvalue weighted by molar-refractivity contribution is 7.89. The fourth-order valence-electron chi connectivity index (χ4n) is 2.14. The largest absolute Gasteiger partial charge is 0.490 e. The third kappa shape index (κ3) is 5.61.